The van der Waals surface area contributed by atoms with Crippen molar-refractivity contribution in [2.45, 2.75) is 46.4 Å². The standard InChI is InChI=1S/C28H30N6O2/c1-19(2)26(27-30-31-32-34(27)16-21-10-5-4-6-11-21)33(18-24-13-8-14-36-24)17-23-15-22-12-7-9-20(3)25(22)29-28(23)35/h4-15,19,26H,16-18H2,1-3H3,(H,29,35). The van der Waals surface area contributed by atoms with Crippen LogP contribution in [0.3, 0.4) is 0 Å². The molecule has 0 aliphatic carbocycles. The van der Waals surface area contributed by atoms with Crippen molar-refractivity contribution < 1.29 is 4.42 Å². The van der Waals surface area contributed by atoms with Crippen LogP contribution >= 0.6 is 0 Å². The number of furan rings is 1. The van der Waals surface area contributed by atoms with E-state index in [0.717, 1.165) is 33.6 Å². The van der Waals surface area contributed by atoms with Crippen LogP contribution in [0.4, 0.5) is 0 Å². The summed E-state index contributed by atoms with van der Waals surface area (Å²) in [4.78, 5) is 18.5. The molecule has 36 heavy (non-hydrogen) atoms. The van der Waals surface area contributed by atoms with Crippen LogP contribution in [-0.4, -0.2) is 30.1 Å². The Balaban J connectivity index is 1.54. The van der Waals surface area contributed by atoms with E-state index in [-0.39, 0.29) is 17.5 Å². The Morgan fingerprint density at radius 1 is 1.03 bits per heavy atom. The maximum atomic E-state index is 13.2. The molecule has 8 heteroatoms. The van der Waals surface area contributed by atoms with Crippen LogP contribution in [0.5, 0.6) is 0 Å². The number of aryl methyl sites for hydroxylation is 1. The molecule has 184 valence electrons. The Bertz CT molecular complexity index is 1490. The van der Waals surface area contributed by atoms with E-state index in [1.165, 1.54) is 0 Å². The fourth-order valence-corrected chi connectivity index (χ4v) is 4.80. The number of pyridine rings is 1. The molecule has 1 atom stereocenters. The highest BCUT2D eigenvalue weighted by Gasteiger charge is 2.30. The van der Waals surface area contributed by atoms with Crippen molar-refractivity contribution >= 4 is 10.9 Å². The van der Waals surface area contributed by atoms with Gasteiger partial charge in [0.15, 0.2) is 5.82 Å². The number of rotatable bonds is 9. The third-order valence-electron chi connectivity index (χ3n) is 6.50. The molecular weight excluding hydrogens is 452 g/mol. The zero-order chi connectivity index (χ0) is 25.1. The van der Waals surface area contributed by atoms with E-state index in [2.05, 4.69) is 51.4 Å². The second-order valence-electron chi connectivity index (χ2n) is 9.52. The van der Waals surface area contributed by atoms with Crippen molar-refractivity contribution in [1.82, 2.24) is 30.1 Å². The number of para-hydroxylation sites is 1. The van der Waals surface area contributed by atoms with E-state index in [9.17, 15) is 4.79 Å². The molecule has 0 saturated heterocycles. The molecule has 5 aromatic rings. The first-order valence-corrected chi connectivity index (χ1v) is 12.2. The molecule has 3 aromatic heterocycles. The average Bonchev–Trinajstić information content (AvgIpc) is 3.53. The summed E-state index contributed by atoms with van der Waals surface area (Å²) >= 11 is 0. The molecule has 1 unspecified atom stereocenters. The van der Waals surface area contributed by atoms with Gasteiger partial charge >= 0.3 is 0 Å². The number of nitrogens with zero attached hydrogens (tertiary/aromatic N) is 5. The van der Waals surface area contributed by atoms with Gasteiger partial charge in [-0.05, 0) is 58.0 Å². The van der Waals surface area contributed by atoms with Gasteiger partial charge in [0.25, 0.3) is 5.56 Å². The minimum atomic E-state index is -0.151. The summed E-state index contributed by atoms with van der Waals surface area (Å²) in [5.41, 5.74) is 3.63. The molecule has 8 nitrogen and oxygen atoms in total. The highest BCUT2D eigenvalue weighted by Crippen LogP contribution is 2.30. The predicted molar refractivity (Wildman–Crippen MR) is 138 cm³/mol. The molecule has 5 rings (SSSR count). The second-order valence-corrected chi connectivity index (χ2v) is 9.52. The summed E-state index contributed by atoms with van der Waals surface area (Å²) in [5, 5.41) is 13.8. The first-order valence-electron chi connectivity index (χ1n) is 12.2. The molecule has 0 aliphatic rings. The van der Waals surface area contributed by atoms with Gasteiger partial charge in [0.05, 0.1) is 30.9 Å². The molecule has 0 saturated carbocycles. The minimum absolute atomic E-state index is 0.0902. The number of H-pyrrole nitrogens is 1. The molecule has 2 aromatic carbocycles. The van der Waals surface area contributed by atoms with Gasteiger partial charge < -0.3 is 9.40 Å². The van der Waals surface area contributed by atoms with E-state index in [1.54, 1.807) is 6.26 Å². The summed E-state index contributed by atoms with van der Waals surface area (Å²) in [5.74, 6) is 1.74. The number of tetrazole rings is 1. The van der Waals surface area contributed by atoms with E-state index < -0.39 is 0 Å². The summed E-state index contributed by atoms with van der Waals surface area (Å²) in [6.07, 6.45) is 1.67. The number of aromatic nitrogens is 5. The highest BCUT2D eigenvalue weighted by molar-refractivity contribution is 5.81. The number of fused-ring (bicyclic) bond motifs is 1. The van der Waals surface area contributed by atoms with Crippen molar-refractivity contribution in [2.75, 3.05) is 0 Å². The zero-order valence-corrected chi connectivity index (χ0v) is 20.8. The lowest BCUT2D eigenvalue weighted by Gasteiger charge is -2.33. The van der Waals surface area contributed by atoms with Gasteiger partial charge in [0.2, 0.25) is 0 Å². The summed E-state index contributed by atoms with van der Waals surface area (Å²) in [6, 6.07) is 21.8. The van der Waals surface area contributed by atoms with Crippen LogP contribution in [-0.2, 0) is 19.6 Å². The Kier molecular flexibility index (Phi) is 6.77. The Morgan fingerprint density at radius 2 is 1.86 bits per heavy atom. The smallest absolute Gasteiger partial charge is 0.252 e. The molecule has 0 bridgehead atoms. The van der Waals surface area contributed by atoms with E-state index in [1.807, 2.05) is 66.2 Å². The number of hydrogen-bond acceptors (Lipinski definition) is 6. The monoisotopic (exact) mass is 482 g/mol. The molecular formula is C28H30N6O2. The molecule has 0 spiro atoms. The van der Waals surface area contributed by atoms with Crippen molar-refractivity contribution in [3.63, 3.8) is 0 Å². The summed E-state index contributed by atoms with van der Waals surface area (Å²) in [6.45, 7) is 7.80. The van der Waals surface area contributed by atoms with Crippen LogP contribution in [0.2, 0.25) is 0 Å². The van der Waals surface area contributed by atoms with Crippen LogP contribution < -0.4 is 5.56 Å². The van der Waals surface area contributed by atoms with Gasteiger partial charge in [0.1, 0.15) is 5.76 Å². The predicted octanol–water partition coefficient (Wildman–Crippen LogP) is 4.86. The van der Waals surface area contributed by atoms with Gasteiger partial charge in [-0.1, -0.05) is 62.4 Å². The molecule has 1 N–H and O–H groups in total. The van der Waals surface area contributed by atoms with Crippen LogP contribution in [0.1, 0.15) is 48.2 Å². The first-order chi connectivity index (χ1) is 17.5. The van der Waals surface area contributed by atoms with Crippen LogP contribution in [0, 0.1) is 12.8 Å². The van der Waals surface area contributed by atoms with Crippen molar-refractivity contribution in [1.29, 1.82) is 0 Å². The lowest BCUT2D eigenvalue weighted by atomic mass is 10.00. The maximum absolute atomic E-state index is 13.2. The quantitative estimate of drug-likeness (QED) is 0.322. The number of nitrogens with one attached hydrogen (secondary N) is 1. The topological polar surface area (TPSA) is 92.8 Å². The molecule has 0 radical (unpaired) electrons. The van der Waals surface area contributed by atoms with E-state index >= 15 is 0 Å². The Hall–Kier alpha value is -4.04. The largest absolute Gasteiger partial charge is 0.468 e. The average molecular weight is 483 g/mol. The lowest BCUT2D eigenvalue weighted by Crippen LogP contribution is -2.35. The lowest BCUT2D eigenvalue weighted by molar-refractivity contribution is 0.116. The first kappa shape index (κ1) is 23.7. The third-order valence-corrected chi connectivity index (χ3v) is 6.50. The zero-order valence-electron chi connectivity index (χ0n) is 20.8. The normalized spacial score (nSPS) is 12.6. The van der Waals surface area contributed by atoms with E-state index in [4.69, 9.17) is 4.42 Å². The van der Waals surface area contributed by atoms with Gasteiger partial charge in [-0.25, -0.2) is 4.68 Å². The molecule has 0 fully saturated rings. The fourth-order valence-electron chi connectivity index (χ4n) is 4.80. The Labute approximate surface area is 209 Å². The maximum Gasteiger partial charge on any atom is 0.252 e. The van der Waals surface area contributed by atoms with Gasteiger partial charge in [0, 0.05) is 12.1 Å². The fraction of sp³-hybridized carbons (Fsp3) is 0.286. The molecule has 0 aliphatic heterocycles. The number of aromatic amines is 1. The molecule has 3 heterocycles. The van der Waals surface area contributed by atoms with Gasteiger partial charge in [-0.15, -0.1) is 5.10 Å². The number of hydrogen-bond donors (Lipinski definition) is 1. The highest BCUT2D eigenvalue weighted by atomic mass is 16.3. The van der Waals surface area contributed by atoms with E-state index in [0.29, 0.717) is 25.2 Å². The third kappa shape index (κ3) is 4.99. The second kappa shape index (κ2) is 10.3. The molecule has 0 amide bonds. The van der Waals surface area contributed by atoms with Crippen molar-refractivity contribution in [3.8, 4) is 0 Å². The summed E-state index contributed by atoms with van der Waals surface area (Å²) in [7, 11) is 0. The van der Waals surface area contributed by atoms with Crippen LogP contribution in [0.25, 0.3) is 10.9 Å². The van der Waals surface area contributed by atoms with Crippen LogP contribution in [0.15, 0.2) is 82.2 Å². The van der Waals surface area contributed by atoms with Gasteiger partial charge in [-0.3, -0.25) is 9.69 Å². The van der Waals surface area contributed by atoms with Gasteiger partial charge in [-0.2, -0.15) is 0 Å². The van der Waals surface area contributed by atoms with Crippen molar-refractivity contribution in [3.05, 3.63) is 112 Å². The van der Waals surface area contributed by atoms with Crippen molar-refractivity contribution in [2.24, 2.45) is 5.92 Å². The Morgan fingerprint density at radius 3 is 2.61 bits per heavy atom. The SMILES string of the molecule is Cc1cccc2cc(CN(Cc3ccco3)C(c3nnnn3Cc3ccccc3)C(C)C)c(=O)[nH]c12. The summed E-state index contributed by atoms with van der Waals surface area (Å²) < 4.78 is 7.56. The number of benzene rings is 2. The minimum Gasteiger partial charge on any atom is -0.468 e.